The van der Waals surface area contributed by atoms with E-state index in [1.165, 1.54) is 7.11 Å². The standard InChI is InChI=1S/C13H18ClNO3/c1-13(2,8-16)15-11(12(17)18-3)9-4-6-10(14)7-5-9/h4-7,11,15-16H,8H2,1-3H3. The van der Waals surface area contributed by atoms with Gasteiger partial charge in [0.15, 0.2) is 0 Å². The Balaban J connectivity index is 2.98. The lowest BCUT2D eigenvalue weighted by molar-refractivity contribution is -0.144. The molecule has 0 radical (unpaired) electrons. The molecule has 0 bridgehead atoms. The molecule has 1 aromatic carbocycles. The number of carbonyl (C=O) groups is 1. The summed E-state index contributed by atoms with van der Waals surface area (Å²) in [4.78, 5) is 11.8. The Kier molecular flexibility index (Phi) is 5.14. The lowest BCUT2D eigenvalue weighted by Crippen LogP contribution is -2.47. The Morgan fingerprint density at radius 1 is 1.44 bits per heavy atom. The molecular weight excluding hydrogens is 254 g/mol. The van der Waals surface area contributed by atoms with Crippen molar-refractivity contribution >= 4 is 17.6 Å². The largest absolute Gasteiger partial charge is 0.468 e. The molecular formula is C13H18ClNO3. The molecule has 0 fully saturated rings. The van der Waals surface area contributed by atoms with Crippen molar-refractivity contribution in [1.82, 2.24) is 5.32 Å². The molecule has 0 aliphatic carbocycles. The first-order valence-electron chi connectivity index (χ1n) is 5.61. The fourth-order valence-electron chi connectivity index (χ4n) is 1.49. The van der Waals surface area contributed by atoms with E-state index in [0.29, 0.717) is 5.02 Å². The van der Waals surface area contributed by atoms with Crippen LogP contribution in [0.1, 0.15) is 25.5 Å². The molecule has 1 atom stereocenters. The molecule has 0 aliphatic rings. The summed E-state index contributed by atoms with van der Waals surface area (Å²) in [5.41, 5.74) is 0.158. The van der Waals surface area contributed by atoms with Crippen LogP contribution in [0.2, 0.25) is 5.02 Å². The Morgan fingerprint density at radius 2 is 2.00 bits per heavy atom. The van der Waals surface area contributed by atoms with Crippen LogP contribution < -0.4 is 5.32 Å². The summed E-state index contributed by atoms with van der Waals surface area (Å²) in [5, 5.41) is 12.9. The number of esters is 1. The maximum absolute atomic E-state index is 11.8. The van der Waals surface area contributed by atoms with Crippen molar-refractivity contribution in [3.63, 3.8) is 0 Å². The molecule has 2 N–H and O–H groups in total. The fourth-order valence-corrected chi connectivity index (χ4v) is 1.61. The molecule has 100 valence electrons. The van der Waals surface area contributed by atoms with Crippen molar-refractivity contribution in [2.24, 2.45) is 0 Å². The smallest absolute Gasteiger partial charge is 0.327 e. The van der Waals surface area contributed by atoms with Gasteiger partial charge in [-0.3, -0.25) is 5.32 Å². The number of hydrogen-bond acceptors (Lipinski definition) is 4. The van der Waals surface area contributed by atoms with Crippen LogP contribution in [0.5, 0.6) is 0 Å². The summed E-state index contributed by atoms with van der Waals surface area (Å²) in [6.07, 6.45) is 0. The first-order chi connectivity index (χ1) is 8.39. The highest BCUT2D eigenvalue weighted by Crippen LogP contribution is 2.20. The molecule has 1 unspecified atom stereocenters. The van der Waals surface area contributed by atoms with Crippen LogP contribution in [0, 0.1) is 0 Å². The minimum absolute atomic E-state index is 0.0892. The second-order valence-electron chi connectivity index (χ2n) is 4.69. The number of methoxy groups -OCH3 is 1. The molecule has 5 heteroatoms. The van der Waals surface area contributed by atoms with Crippen LogP contribution in [0.4, 0.5) is 0 Å². The first-order valence-corrected chi connectivity index (χ1v) is 5.99. The highest BCUT2D eigenvalue weighted by molar-refractivity contribution is 6.30. The van der Waals surface area contributed by atoms with Crippen molar-refractivity contribution in [1.29, 1.82) is 0 Å². The molecule has 1 aromatic rings. The van der Waals surface area contributed by atoms with E-state index >= 15 is 0 Å². The Bertz CT molecular complexity index is 403. The number of rotatable bonds is 5. The van der Waals surface area contributed by atoms with E-state index in [1.54, 1.807) is 38.1 Å². The minimum atomic E-state index is -0.630. The van der Waals surface area contributed by atoms with E-state index in [4.69, 9.17) is 16.3 Å². The van der Waals surface area contributed by atoms with Gasteiger partial charge in [0.05, 0.1) is 13.7 Å². The van der Waals surface area contributed by atoms with Gasteiger partial charge in [-0.05, 0) is 31.5 Å². The van der Waals surface area contributed by atoms with Gasteiger partial charge >= 0.3 is 5.97 Å². The molecule has 0 saturated heterocycles. The van der Waals surface area contributed by atoms with Crippen LogP contribution in [-0.2, 0) is 9.53 Å². The quantitative estimate of drug-likeness (QED) is 0.804. The summed E-state index contributed by atoms with van der Waals surface area (Å²) >= 11 is 5.81. The lowest BCUT2D eigenvalue weighted by Gasteiger charge is -2.29. The molecule has 0 saturated carbocycles. The van der Waals surface area contributed by atoms with E-state index in [1.807, 2.05) is 0 Å². The molecule has 0 aliphatic heterocycles. The van der Waals surface area contributed by atoms with Gasteiger partial charge in [0.2, 0.25) is 0 Å². The number of aliphatic hydroxyl groups excluding tert-OH is 1. The van der Waals surface area contributed by atoms with Crippen LogP contribution in [-0.4, -0.2) is 30.3 Å². The lowest BCUT2D eigenvalue weighted by atomic mass is 10.0. The van der Waals surface area contributed by atoms with Crippen LogP contribution in [0.25, 0.3) is 0 Å². The second kappa shape index (κ2) is 6.18. The third-order valence-corrected chi connectivity index (χ3v) is 2.82. The van der Waals surface area contributed by atoms with E-state index in [0.717, 1.165) is 5.56 Å². The predicted molar refractivity (Wildman–Crippen MR) is 70.5 cm³/mol. The zero-order valence-corrected chi connectivity index (χ0v) is 11.5. The zero-order chi connectivity index (χ0) is 13.8. The van der Waals surface area contributed by atoms with Crippen molar-refractivity contribution in [2.75, 3.05) is 13.7 Å². The second-order valence-corrected chi connectivity index (χ2v) is 5.13. The molecule has 0 aromatic heterocycles. The number of hydrogen-bond donors (Lipinski definition) is 2. The minimum Gasteiger partial charge on any atom is -0.468 e. The number of carbonyl (C=O) groups excluding carboxylic acids is 1. The van der Waals surface area contributed by atoms with Crippen molar-refractivity contribution in [3.05, 3.63) is 34.9 Å². The average molecular weight is 272 g/mol. The number of nitrogens with one attached hydrogen (secondary N) is 1. The molecule has 1 rings (SSSR count). The van der Waals surface area contributed by atoms with Crippen LogP contribution >= 0.6 is 11.6 Å². The number of halogens is 1. The molecule has 0 amide bonds. The first kappa shape index (κ1) is 15.0. The molecule has 0 heterocycles. The van der Waals surface area contributed by atoms with Crippen molar-refractivity contribution in [2.45, 2.75) is 25.4 Å². The highest BCUT2D eigenvalue weighted by atomic mass is 35.5. The van der Waals surface area contributed by atoms with Crippen LogP contribution in [0.15, 0.2) is 24.3 Å². The Hall–Kier alpha value is -1.10. The monoisotopic (exact) mass is 271 g/mol. The van der Waals surface area contributed by atoms with Crippen LogP contribution in [0.3, 0.4) is 0 Å². The van der Waals surface area contributed by atoms with E-state index in [2.05, 4.69) is 5.32 Å². The Labute approximate surface area is 112 Å². The predicted octanol–water partition coefficient (Wildman–Crippen LogP) is 1.91. The number of ether oxygens (including phenoxy) is 1. The summed E-state index contributed by atoms with van der Waals surface area (Å²) in [5.74, 6) is -0.404. The summed E-state index contributed by atoms with van der Waals surface area (Å²) < 4.78 is 4.77. The third-order valence-electron chi connectivity index (χ3n) is 2.57. The normalized spacial score (nSPS) is 13.2. The van der Waals surface area contributed by atoms with E-state index < -0.39 is 17.6 Å². The molecule has 4 nitrogen and oxygen atoms in total. The van der Waals surface area contributed by atoms with Gasteiger partial charge in [0, 0.05) is 10.6 Å². The molecule has 18 heavy (non-hydrogen) atoms. The third kappa shape index (κ3) is 3.98. The highest BCUT2D eigenvalue weighted by Gasteiger charge is 2.28. The summed E-state index contributed by atoms with van der Waals surface area (Å²) in [6, 6.07) is 6.30. The maximum atomic E-state index is 11.8. The van der Waals surface area contributed by atoms with Gasteiger partial charge in [0.1, 0.15) is 6.04 Å². The maximum Gasteiger partial charge on any atom is 0.327 e. The van der Waals surface area contributed by atoms with Crippen molar-refractivity contribution in [3.8, 4) is 0 Å². The van der Waals surface area contributed by atoms with Gasteiger partial charge in [-0.2, -0.15) is 0 Å². The van der Waals surface area contributed by atoms with Gasteiger partial charge in [-0.1, -0.05) is 23.7 Å². The Morgan fingerprint density at radius 3 is 2.44 bits per heavy atom. The van der Waals surface area contributed by atoms with Gasteiger partial charge in [-0.15, -0.1) is 0 Å². The average Bonchev–Trinajstić information content (AvgIpc) is 2.36. The zero-order valence-electron chi connectivity index (χ0n) is 10.7. The number of aliphatic hydroxyl groups is 1. The van der Waals surface area contributed by atoms with E-state index in [-0.39, 0.29) is 6.61 Å². The molecule has 0 spiro atoms. The summed E-state index contributed by atoms with van der Waals surface area (Å²) in [7, 11) is 1.33. The number of benzene rings is 1. The fraction of sp³-hybridized carbons (Fsp3) is 0.462. The topological polar surface area (TPSA) is 58.6 Å². The summed E-state index contributed by atoms with van der Waals surface area (Å²) in [6.45, 7) is 3.52. The van der Waals surface area contributed by atoms with Crippen molar-refractivity contribution < 1.29 is 14.6 Å². The van der Waals surface area contributed by atoms with Gasteiger partial charge in [-0.25, -0.2) is 4.79 Å². The van der Waals surface area contributed by atoms with Gasteiger partial charge < -0.3 is 9.84 Å². The van der Waals surface area contributed by atoms with E-state index in [9.17, 15) is 9.90 Å². The van der Waals surface area contributed by atoms with Gasteiger partial charge in [0.25, 0.3) is 0 Å². The SMILES string of the molecule is COC(=O)C(NC(C)(C)CO)c1ccc(Cl)cc1.